The first kappa shape index (κ1) is 16.6. The Hall–Kier alpha value is -2.41. The Morgan fingerprint density at radius 1 is 1.19 bits per heavy atom. The summed E-state index contributed by atoms with van der Waals surface area (Å²) >= 11 is 0. The summed E-state index contributed by atoms with van der Waals surface area (Å²) in [4.78, 5) is 34.1. The van der Waals surface area contributed by atoms with Gasteiger partial charge in [-0.3, -0.25) is 9.59 Å². The molecule has 0 aliphatic rings. The molecule has 1 atom stereocenters. The Morgan fingerprint density at radius 2 is 1.81 bits per heavy atom. The predicted octanol–water partition coefficient (Wildman–Crippen LogP) is 0.579. The van der Waals surface area contributed by atoms with Gasteiger partial charge in [-0.05, 0) is 17.7 Å². The fourth-order valence-electron chi connectivity index (χ4n) is 1.61. The van der Waals surface area contributed by atoms with Crippen molar-refractivity contribution < 1.29 is 29.0 Å². The van der Waals surface area contributed by atoms with Gasteiger partial charge in [0, 0.05) is 12.7 Å². The van der Waals surface area contributed by atoms with Crippen molar-refractivity contribution in [2.75, 3.05) is 14.2 Å². The van der Waals surface area contributed by atoms with Gasteiger partial charge in [-0.25, -0.2) is 4.79 Å². The summed E-state index contributed by atoms with van der Waals surface area (Å²) in [6.45, 7) is 0.419. The summed E-state index contributed by atoms with van der Waals surface area (Å²) in [6.07, 6.45) is -0.431. The van der Waals surface area contributed by atoms with Crippen LogP contribution in [-0.2, 0) is 25.7 Å². The summed E-state index contributed by atoms with van der Waals surface area (Å²) in [6, 6.07) is 5.19. The molecule has 21 heavy (non-hydrogen) atoms. The molecule has 0 aromatic heterocycles. The predicted molar refractivity (Wildman–Crippen MR) is 72.7 cm³/mol. The average molecular weight is 295 g/mol. The van der Waals surface area contributed by atoms with Gasteiger partial charge in [0.2, 0.25) is 0 Å². The molecule has 0 heterocycles. The molecule has 2 N–H and O–H groups in total. The lowest BCUT2D eigenvalue weighted by atomic mass is 10.1. The van der Waals surface area contributed by atoms with Crippen LogP contribution < -0.4 is 5.32 Å². The number of ether oxygens (including phenoxy) is 2. The minimum atomic E-state index is -1.33. The maximum Gasteiger partial charge on any atom is 0.326 e. The van der Waals surface area contributed by atoms with Crippen molar-refractivity contribution in [2.45, 2.75) is 19.1 Å². The van der Waals surface area contributed by atoms with Gasteiger partial charge < -0.3 is 19.9 Å². The molecule has 7 heteroatoms. The summed E-state index contributed by atoms with van der Waals surface area (Å²) in [5.74, 6) is -2.59. The number of aliphatic carboxylic acids is 1. The highest BCUT2D eigenvalue weighted by molar-refractivity contribution is 5.97. The molecule has 0 saturated heterocycles. The van der Waals surface area contributed by atoms with Gasteiger partial charge >= 0.3 is 11.9 Å². The highest BCUT2D eigenvalue weighted by Gasteiger charge is 2.24. The monoisotopic (exact) mass is 295 g/mol. The van der Waals surface area contributed by atoms with Gasteiger partial charge in [0.25, 0.3) is 5.91 Å². The van der Waals surface area contributed by atoms with E-state index >= 15 is 0 Å². The van der Waals surface area contributed by atoms with E-state index in [1.807, 2.05) is 0 Å². The summed E-state index contributed by atoms with van der Waals surface area (Å²) < 4.78 is 9.34. The van der Waals surface area contributed by atoms with Crippen LogP contribution in [0.25, 0.3) is 0 Å². The number of hydrogen-bond acceptors (Lipinski definition) is 5. The number of amides is 1. The van der Waals surface area contributed by atoms with Crippen LogP contribution in [0.15, 0.2) is 24.3 Å². The van der Waals surface area contributed by atoms with Gasteiger partial charge in [-0.1, -0.05) is 12.1 Å². The molecule has 0 bridgehead atoms. The van der Waals surface area contributed by atoms with Gasteiger partial charge in [0.15, 0.2) is 0 Å². The Bertz CT molecular complexity index is 511. The molecule has 0 aliphatic heterocycles. The Labute approximate surface area is 121 Å². The van der Waals surface area contributed by atoms with Gasteiger partial charge in [-0.2, -0.15) is 0 Å². The molecule has 0 aliphatic carbocycles. The first-order valence-corrected chi connectivity index (χ1v) is 6.16. The summed E-state index contributed by atoms with van der Waals surface area (Å²) in [7, 11) is 2.71. The lowest BCUT2D eigenvalue weighted by Crippen LogP contribution is -2.42. The molecule has 7 nitrogen and oxygen atoms in total. The van der Waals surface area contributed by atoms with E-state index in [2.05, 4.69) is 10.1 Å². The van der Waals surface area contributed by atoms with E-state index < -0.39 is 30.3 Å². The quantitative estimate of drug-likeness (QED) is 0.713. The van der Waals surface area contributed by atoms with Gasteiger partial charge in [0.1, 0.15) is 6.04 Å². The van der Waals surface area contributed by atoms with Crippen molar-refractivity contribution >= 4 is 17.8 Å². The molecule has 0 spiro atoms. The molecule has 0 unspecified atom stereocenters. The second-order valence-electron chi connectivity index (χ2n) is 4.27. The highest BCUT2D eigenvalue weighted by atomic mass is 16.5. The van der Waals surface area contributed by atoms with Crippen molar-refractivity contribution in [3.8, 4) is 0 Å². The first-order chi connectivity index (χ1) is 9.97. The van der Waals surface area contributed by atoms with Crippen LogP contribution in [0.3, 0.4) is 0 Å². The molecule has 1 amide bonds. The SMILES string of the molecule is COCc1ccc(C(=O)N[C@@H](CC(=O)OC)C(=O)O)cc1. The minimum Gasteiger partial charge on any atom is -0.480 e. The number of carboxylic acid groups (broad SMARTS) is 1. The van der Waals surface area contributed by atoms with Crippen LogP contribution in [0, 0.1) is 0 Å². The number of carboxylic acids is 1. The van der Waals surface area contributed by atoms with Crippen LogP contribution in [0.5, 0.6) is 0 Å². The average Bonchev–Trinajstić information content (AvgIpc) is 2.47. The smallest absolute Gasteiger partial charge is 0.326 e. The summed E-state index contributed by atoms with van der Waals surface area (Å²) in [5.41, 5.74) is 1.18. The van der Waals surface area contributed by atoms with Crippen molar-refractivity contribution in [1.82, 2.24) is 5.32 Å². The van der Waals surface area contributed by atoms with Crippen LogP contribution in [0.2, 0.25) is 0 Å². The third kappa shape index (κ3) is 5.23. The van der Waals surface area contributed by atoms with E-state index in [4.69, 9.17) is 9.84 Å². The van der Waals surface area contributed by atoms with Gasteiger partial charge in [-0.15, -0.1) is 0 Å². The molecular formula is C14H17NO6. The van der Waals surface area contributed by atoms with E-state index in [1.165, 1.54) is 0 Å². The van der Waals surface area contributed by atoms with E-state index in [9.17, 15) is 14.4 Å². The van der Waals surface area contributed by atoms with Crippen molar-refractivity contribution in [3.63, 3.8) is 0 Å². The zero-order valence-corrected chi connectivity index (χ0v) is 11.8. The lowest BCUT2D eigenvalue weighted by molar-refractivity contribution is -0.147. The fraction of sp³-hybridized carbons (Fsp3) is 0.357. The Kier molecular flexibility index (Phi) is 6.35. The van der Waals surface area contributed by atoms with E-state index in [1.54, 1.807) is 31.4 Å². The second kappa shape index (κ2) is 8.01. The molecule has 1 rings (SSSR count). The van der Waals surface area contributed by atoms with Crippen LogP contribution in [-0.4, -0.2) is 43.2 Å². The third-order valence-electron chi connectivity index (χ3n) is 2.73. The van der Waals surface area contributed by atoms with Crippen molar-refractivity contribution in [2.24, 2.45) is 0 Å². The fourth-order valence-corrected chi connectivity index (χ4v) is 1.61. The molecule has 0 saturated carbocycles. The molecule has 1 aromatic rings. The number of nitrogens with one attached hydrogen (secondary N) is 1. The van der Waals surface area contributed by atoms with Crippen LogP contribution in [0.1, 0.15) is 22.3 Å². The molecular weight excluding hydrogens is 278 g/mol. The largest absolute Gasteiger partial charge is 0.480 e. The van der Waals surface area contributed by atoms with Crippen molar-refractivity contribution in [1.29, 1.82) is 0 Å². The zero-order chi connectivity index (χ0) is 15.8. The Morgan fingerprint density at radius 3 is 2.29 bits per heavy atom. The number of carbonyl (C=O) groups excluding carboxylic acids is 2. The van der Waals surface area contributed by atoms with Crippen LogP contribution in [0.4, 0.5) is 0 Å². The number of rotatable bonds is 7. The zero-order valence-electron chi connectivity index (χ0n) is 11.8. The van der Waals surface area contributed by atoms with E-state index in [-0.39, 0.29) is 0 Å². The van der Waals surface area contributed by atoms with Gasteiger partial charge in [0.05, 0.1) is 20.1 Å². The maximum atomic E-state index is 11.9. The minimum absolute atomic E-state index is 0.297. The lowest BCUT2D eigenvalue weighted by Gasteiger charge is -2.13. The molecule has 0 fully saturated rings. The normalized spacial score (nSPS) is 11.5. The first-order valence-electron chi connectivity index (χ1n) is 6.16. The molecule has 0 radical (unpaired) electrons. The maximum absolute atomic E-state index is 11.9. The Balaban J connectivity index is 2.72. The number of hydrogen-bond donors (Lipinski definition) is 2. The standard InChI is InChI=1S/C14H17NO6/c1-20-8-9-3-5-10(6-4-9)13(17)15-11(14(18)19)7-12(16)21-2/h3-6,11H,7-8H2,1-2H3,(H,15,17)(H,18,19)/t11-/m0/s1. The number of esters is 1. The molecule has 1 aromatic carbocycles. The number of carbonyl (C=O) groups is 3. The summed E-state index contributed by atoms with van der Waals surface area (Å²) in [5, 5.41) is 11.3. The second-order valence-corrected chi connectivity index (χ2v) is 4.27. The topological polar surface area (TPSA) is 102 Å². The number of methoxy groups -OCH3 is 2. The highest BCUT2D eigenvalue weighted by Crippen LogP contribution is 2.06. The number of benzene rings is 1. The third-order valence-corrected chi connectivity index (χ3v) is 2.73. The van der Waals surface area contributed by atoms with Crippen molar-refractivity contribution in [3.05, 3.63) is 35.4 Å². The van der Waals surface area contributed by atoms with Crippen LogP contribution >= 0.6 is 0 Å². The van der Waals surface area contributed by atoms with E-state index in [0.717, 1.165) is 12.7 Å². The van der Waals surface area contributed by atoms with E-state index in [0.29, 0.717) is 12.2 Å². The molecule has 114 valence electrons.